The summed E-state index contributed by atoms with van der Waals surface area (Å²) < 4.78 is 0. The zero-order valence-electron chi connectivity index (χ0n) is 14.4. The van der Waals surface area contributed by atoms with E-state index in [2.05, 4.69) is 10.3 Å². The first-order valence-corrected chi connectivity index (χ1v) is 7.99. The number of hydrogen-bond acceptors (Lipinski definition) is 3. The molecule has 0 radical (unpaired) electrons. The third-order valence-electron chi connectivity index (χ3n) is 3.79. The second-order valence-corrected chi connectivity index (χ2v) is 5.81. The van der Waals surface area contributed by atoms with Gasteiger partial charge in [0.15, 0.2) is 0 Å². The molecule has 0 unspecified atom stereocenters. The minimum Gasteiger partial charge on any atom is -0.350 e. The summed E-state index contributed by atoms with van der Waals surface area (Å²) in [5.74, 6) is -0.168. The van der Waals surface area contributed by atoms with Gasteiger partial charge in [-0.1, -0.05) is 18.2 Å². The monoisotopic (exact) mass is 325 g/mol. The lowest BCUT2D eigenvalue weighted by Crippen LogP contribution is -2.34. The van der Waals surface area contributed by atoms with Crippen LogP contribution in [0.3, 0.4) is 0 Å². The molecule has 2 amide bonds. The van der Waals surface area contributed by atoms with E-state index in [0.717, 1.165) is 22.5 Å². The average Bonchev–Trinajstić information content (AvgIpc) is 2.57. The summed E-state index contributed by atoms with van der Waals surface area (Å²) in [6.45, 7) is 6.22. The van der Waals surface area contributed by atoms with Crippen LogP contribution >= 0.6 is 0 Å². The Morgan fingerprint density at radius 3 is 2.62 bits per heavy atom. The number of amides is 2. The first-order valence-electron chi connectivity index (χ1n) is 7.99. The van der Waals surface area contributed by atoms with Crippen LogP contribution in [-0.4, -0.2) is 23.3 Å². The topological polar surface area (TPSA) is 62.3 Å². The summed E-state index contributed by atoms with van der Waals surface area (Å²) in [5.41, 5.74) is 3.77. The maximum absolute atomic E-state index is 12.0. The number of nitrogens with one attached hydrogen (secondary N) is 1. The maximum Gasteiger partial charge on any atom is 0.223 e. The zero-order valence-corrected chi connectivity index (χ0v) is 14.4. The molecule has 5 nitrogen and oxygen atoms in total. The van der Waals surface area contributed by atoms with E-state index in [9.17, 15) is 9.59 Å². The van der Waals surface area contributed by atoms with Gasteiger partial charge in [0, 0.05) is 31.8 Å². The Kier molecular flexibility index (Phi) is 6.07. The number of aromatic nitrogens is 1. The van der Waals surface area contributed by atoms with Gasteiger partial charge in [-0.3, -0.25) is 14.6 Å². The van der Waals surface area contributed by atoms with E-state index in [-0.39, 0.29) is 18.2 Å². The lowest BCUT2D eigenvalue weighted by atomic mass is 10.1. The van der Waals surface area contributed by atoms with Crippen molar-refractivity contribution in [2.75, 3.05) is 11.4 Å². The van der Waals surface area contributed by atoms with E-state index in [1.165, 1.54) is 6.92 Å². The third kappa shape index (κ3) is 4.91. The van der Waals surface area contributed by atoms with Crippen LogP contribution in [-0.2, 0) is 16.1 Å². The summed E-state index contributed by atoms with van der Waals surface area (Å²) in [5, 5.41) is 2.83. The lowest BCUT2D eigenvalue weighted by molar-refractivity contribution is -0.121. The first kappa shape index (κ1) is 17.7. The molecule has 0 aliphatic rings. The van der Waals surface area contributed by atoms with E-state index in [4.69, 9.17) is 0 Å². The number of rotatable bonds is 6. The van der Waals surface area contributed by atoms with E-state index < -0.39 is 0 Å². The molecule has 0 fully saturated rings. The molecule has 1 N–H and O–H groups in total. The Morgan fingerprint density at radius 1 is 1.17 bits per heavy atom. The van der Waals surface area contributed by atoms with E-state index in [0.29, 0.717) is 13.1 Å². The molecule has 0 atom stereocenters. The smallest absolute Gasteiger partial charge is 0.223 e. The van der Waals surface area contributed by atoms with Crippen LogP contribution < -0.4 is 10.2 Å². The Morgan fingerprint density at radius 2 is 1.96 bits per heavy atom. The molecule has 1 aromatic carbocycles. The SMILES string of the molecule is CC(=O)N(CCC(=O)NCc1ccccn1)c1cc(C)ccc1C. The van der Waals surface area contributed by atoms with Crippen LogP contribution in [0.25, 0.3) is 0 Å². The van der Waals surface area contributed by atoms with Crippen LogP contribution in [0.5, 0.6) is 0 Å². The molecule has 5 heteroatoms. The van der Waals surface area contributed by atoms with Crippen LogP contribution in [0.1, 0.15) is 30.2 Å². The van der Waals surface area contributed by atoms with Crippen molar-refractivity contribution in [3.63, 3.8) is 0 Å². The number of hydrogen-bond donors (Lipinski definition) is 1. The fourth-order valence-corrected chi connectivity index (χ4v) is 2.45. The number of carbonyl (C=O) groups is 2. The maximum atomic E-state index is 12.0. The largest absolute Gasteiger partial charge is 0.350 e. The van der Waals surface area contributed by atoms with Crippen molar-refractivity contribution in [3.8, 4) is 0 Å². The molecule has 0 aliphatic heterocycles. The van der Waals surface area contributed by atoms with Gasteiger partial charge in [0.1, 0.15) is 0 Å². The first-order chi connectivity index (χ1) is 11.5. The van der Waals surface area contributed by atoms with E-state index in [1.54, 1.807) is 11.1 Å². The van der Waals surface area contributed by atoms with Gasteiger partial charge >= 0.3 is 0 Å². The van der Waals surface area contributed by atoms with Gasteiger partial charge in [0.2, 0.25) is 11.8 Å². The van der Waals surface area contributed by atoms with Crippen LogP contribution in [0.4, 0.5) is 5.69 Å². The van der Waals surface area contributed by atoms with Crippen LogP contribution in [0.2, 0.25) is 0 Å². The standard InChI is InChI=1S/C19H23N3O2/c1-14-7-8-15(2)18(12-14)22(16(3)23)11-9-19(24)21-13-17-6-4-5-10-20-17/h4-8,10,12H,9,11,13H2,1-3H3,(H,21,24). The Balaban J connectivity index is 1.95. The molecule has 126 valence electrons. The zero-order chi connectivity index (χ0) is 17.5. The lowest BCUT2D eigenvalue weighted by Gasteiger charge is -2.23. The summed E-state index contributed by atoms with van der Waals surface area (Å²) >= 11 is 0. The van der Waals surface area contributed by atoms with Gasteiger partial charge in [-0.15, -0.1) is 0 Å². The predicted molar refractivity (Wildman–Crippen MR) is 94.6 cm³/mol. The minimum atomic E-state index is -0.0998. The Hall–Kier alpha value is -2.69. The molecule has 0 spiro atoms. The van der Waals surface area contributed by atoms with Gasteiger partial charge in [-0.2, -0.15) is 0 Å². The third-order valence-corrected chi connectivity index (χ3v) is 3.79. The molecule has 2 rings (SSSR count). The number of anilines is 1. The Labute approximate surface area is 142 Å². The average molecular weight is 325 g/mol. The molecule has 2 aromatic rings. The highest BCUT2D eigenvalue weighted by Gasteiger charge is 2.15. The second kappa shape index (κ2) is 8.24. The summed E-state index contributed by atoms with van der Waals surface area (Å²) in [6, 6.07) is 11.5. The number of pyridine rings is 1. The molecular weight excluding hydrogens is 302 g/mol. The fraction of sp³-hybridized carbons (Fsp3) is 0.316. The van der Waals surface area contributed by atoms with Gasteiger partial charge in [0.25, 0.3) is 0 Å². The molecular formula is C19H23N3O2. The van der Waals surface area contributed by atoms with Gasteiger partial charge in [0.05, 0.1) is 12.2 Å². The van der Waals surface area contributed by atoms with Crippen molar-refractivity contribution in [3.05, 3.63) is 59.4 Å². The predicted octanol–water partition coefficient (Wildman–Crippen LogP) is 2.76. The molecule has 0 saturated carbocycles. The van der Waals surface area contributed by atoms with Crippen LogP contribution in [0, 0.1) is 13.8 Å². The highest BCUT2D eigenvalue weighted by atomic mass is 16.2. The van der Waals surface area contributed by atoms with E-state index in [1.807, 2.05) is 50.2 Å². The number of nitrogens with zero attached hydrogens (tertiary/aromatic N) is 2. The van der Waals surface area contributed by atoms with Crippen molar-refractivity contribution >= 4 is 17.5 Å². The highest BCUT2D eigenvalue weighted by Crippen LogP contribution is 2.22. The molecule has 0 aliphatic carbocycles. The van der Waals surface area contributed by atoms with Crippen molar-refractivity contribution in [2.24, 2.45) is 0 Å². The molecule has 0 bridgehead atoms. The second-order valence-electron chi connectivity index (χ2n) is 5.81. The summed E-state index contributed by atoms with van der Waals surface area (Å²) in [6.07, 6.45) is 1.94. The fourth-order valence-electron chi connectivity index (χ4n) is 2.45. The molecule has 24 heavy (non-hydrogen) atoms. The number of aryl methyl sites for hydroxylation is 2. The molecule has 0 saturated heterocycles. The number of benzene rings is 1. The normalized spacial score (nSPS) is 10.3. The molecule has 1 aromatic heterocycles. The van der Waals surface area contributed by atoms with Crippen molar-refractivity contribution in [2.45, 2.75) is 33.7 Å². The van der Waals surface area contributed by atoms with E-state index >= 15 is 0 Å². The van der Waals surface area contributed by atoms with Crippen molar-refractivity contribution < 1.29 is 9.59 Å². The van der Waals surface area contributed by atoms with Crippen molar-refractivity contribution in [1.29, 1.82) is 0 Å². The van der Waals surface area contributed by atoms with Crippen molar-refractivity contribution in [1.82, 2.24) is 10.3 Å². The quantitative estimate of drug-likeness (QED) is 0.888. The van der Waals surface area contributed by atoms with Gasteiger partial charge in [-0.25, -0.2) is 0 Å². The minimum absolute atomic E-state index is 0.0683. The van der Waals surface area contributed by atoms with Gasteiger partial charge in [-0.05, 0) is 43.2 Å². The summed E-state index contributed by atoms with van der Waals surface area (Å²) in [4.78, 5) is 29.9. The summed E-state index contributed by atoms with van der Waals surface area (Å²) in [7, 11) is 0. The number of carbonyl (C=O) groups excluding carboxylic acids is 2. The Bertz CT molecular complexity index is 714. The highest BCUT2D eigenvalue weighted by molar-refractivity contribution is 5.93. The van der Waals surface area contributed by atoms with Crippen LogP contribution in [0.15, 0.2) is 42.6 Å². The van der Waals surface area contributed by atoms with Gasteiger partial charge < -0.3 is 10.2 Å². The molecule has 1 heterocycles.